The SMILES string of the molecule is N#CCON=C1CCN(C(=O)Cc2ccc(-c3noc(C(F)(F)F)n3)cc2)CC1. The van der Waals surface area contributed by atoms with Crippen LogP contribution in [0.2, 0.25) is 0 Å². The van der Waals surface area contributed by atoms with Crippen LogP contribution in [0.4, 0.5) is 13.2 Å². The summed E-state index contributed by atoms with van der Waals surface area (Å²) in [6.45, 7) is 0.910. The number of hydrogen-bond donors (Lipinski definition) is 0. The largest absolute Gasteiger partial charge is 0.471 e. The molecule has 1 fully saturated rings. The summed E-state index contributed by atoms with van der Waals surface area (Å²) < 4.78 is 41.8. The molecule has 0 bridgehead atoms. The predicted molar refractivity (Wildman–Crippen MR) is 93.3 cm³/mol. The minimum absolute atomic E-state index is 0.0614. The monoisotopic (exact) mass is 407 g/mol. The number of nitriles is 1. The summed E-state index contributed by atoms with van der Waals surface area (Å²) in [4.78, 5) is 22.3. The van der Waals surface area contributed by atoms with E-state index in [1.54, 1.807) is 29.2 Å². The average molecular weight is 407 g/mol. The smallest absolute Gasteiger partial charge is 0.381 e. The van der Waals surface area contributed by atoms with Gasteiger partial charge in [0, 0.05) is 31.5 Å². The number of halogens is 3. The molecule has 0 unspecified atom stereocenters. The van der Waals surface area contributed by atoms with Gasteiger partial charge < -0.3 is 14.3 Å². The zero-order valence-electron chi connectivity index (χ0n) is 15.1. The summed E-state index contributed by atoms with van der Waals surface area (Å²) in [5.41, 5.74) is 1.89. The second-order valence-corrected chi connectivity index (χ2v) is 6.26. The third-order valence-electron chi connectivity index (χ3n) is 4.25. The van der Waals surface area contributed by atoms with Crippen LogP contribution in [0.15, 0.2) is 33.9 Å². The first kappa shape index (κ1) is 20.3. The van der Waals surface area contributed by atoms with Crippen LogP contribution < -0.4 is 0 Å². The number of carbonyl (C=O) groups is 1. The molecular weight excluding hydrogens is 391 g/mol. The molecule has 0 aliphatic carbocycles. The second-order valence-electron chi connectivity index (χ2n) is 6.26. The Kier molecular flexibility index (Phi) is 6.11. The topological polar surface area (TPSA) is 105 Å². The van der Waals surface area contributed by atoms with E-state index < -0.39 is 12.1 Å². The van der Waals surface area contributed by atoms with Crippen molar-refractivity contribution in [3.05, 3.63) is 35.7 Å². The van der Waals surface area contributed by atoms with Crippen LogP contribution in [0.1, 0.15) is 24.3 Å². The van der Waals surface area contributed by atoms with Gasteiger partial charge in [0.25, 0.3) is 0 Å². The maximum absolute atomic E-state index is 12.5. The Morgan fingerprint density at radius 1 is 1.28 bits per heavy atom. The van der Waals surface area contributed by atoms with Crippen molar-refractivity contribution >= 4 is 11.6 Å². The Hall–Kier alpha value is -3.42. The summed E-state index contributed by atoms with van der Waals surface area (Å²) in [5, 5.41) is 15.6. The van der Waals surface area contributed by atoms with Crippen molar-refractivity contribution in [2.24, 2.45) is 5.16 Å². The highest BCUT2D eigenvalue weighted by Crippen LogP contribution is 2.29. The van der Waals surface area contributed by atoms with E-state index in [0.717, 1.165) is 11.3 Å². The molecule has 1 aromatic carbocycles. The third kappa shape index (κ3) is 5.31. The fraction of sp³-hybridized carbons (Fsp3) is 0.389. The predicted octanol–water partition coefficient (Wildman–Crippen LogP) is 2.82. The third-order valence-corrected chi connectivity index (χ3v) is 4.25. The van der Waals surface area contributed by atoms with Gasteiger partial charge in [-0.25, -0.2) is 0 Å². The van der Waals surface area contributed by atoms with Crippen LogP contribution in [0.3, 0.4) is 0 Å². The molecule has 1 amide bonds. The van der Waals surface area contributed by atoms with E-state index in [1.165, 1.54) is 0 Å². The standard InChI is InChI=1S/C18H16F3N5O3/c19-18(20,21)17-23-16(25-29-17)13-3-1-12(2-4-13)11-15(27)26-8-5-14(6-9-26)24-28-10-7-22/h1-4H,5-6,8-11H2. The van der Waals surface area contributed by atoms with Gasteiger partial charge in [0.1, 0.15) is 6.07 Å². The minimum atomic E-state index is -4.70. The molecule has 8 nitrogen and oxygen atoms in total. The highest BCUT2D eigenvalue weighted by molar-refractivity contribution is 5.87. The van der Waals surface area contributed by atoms with Crippen molar-refractivity contribution in [3.63, 3.8) is 0 Å². The molecule has 1 aromatic heterocycles. The zero-order chi connectivity index (χ0) is 20.9. The Labute approximate surface area is 163 Å². The summed E-state index contributed by atoms with van der Waals surface area (Å²) in [5.74, 6) is -1.64. The van der Waals surface area contributed by atoms with E-state index in [-0.39, 0.29) is 24.8 Å². The van der Waals surface area contributed by atoms with E-state index in [1.807, 2.05) is 6.07 Å². The van der Waals surface area contributed by atoms with Gasteiger partial charge in [-0.1, -0.05) is 34.6 Å². The summed E-state index contributed by atoms with van der Waals surface area (Å²) in [7, 11) is 0. The van der Waals surface area contributed by atoms with Gasteiger partial charge >= 0.3 is 12.1 Å². The van der Waals surface area contributed by atoms with E-state index in [0.29, 0.717) is 31.5 Å². The number of rotatable bonds is 5. The first-order chi connectivity index (χ1) is 13.9. The Morgan fingerprint density at radius 3 is 2.55 bits per heavy atom. The van der Waals surface area contributed by atoms with E-state index >= 15 is 0 Å². The number of amides is 1. The summed E-state index contributed by atoms with van der Waals surface area (Å²) in [6, 6.07) is 8.20. The van der Waals surface area contributed by atoms with E-state index in [9.17, 15) is 18.0 Å². The van der Waals surface area contributed by atoms with Crippen molar-refractivity contribution in [2.45, 2.75) is 25.4 Å². The molecule has 2 heterocycles. The Balaban J connectivity index is 1.55. The average Bonchev–Trinajstić information content (AvgIpc) is 3.20. The highest BCUT2D eigenvalue weighted by atomic mass is 19.4. The lowest BCUT2D eigenvalue weighted by Gasteiger charge is -2.27. The fourth-order valence-corrected chi connectivity index (χ4v) is 2.77. The number of alkyl halides is 3. The maximum Gasteiger partial charge on any atom is 0.471 e. The van der Waals surface area contributed by atoms with Crippen LogP contribution in [0, 0.1) is 11.3 Å². The van der Waals surface area contributed by atoms with Crippen molar-refractivity contribution in [3.8, 4) is 17.5 Å². The Bertz CT molecular complexity index is 921. The van der Waals surface area contributed by atoms with Gasteiger partial charge in [-0.05, 0) is 5.56 Å². The maximum atomic E-state index is 12.5. The number of aromatic nitrogens is 2. The lowest BCUT2D eigenvalue weighted by atomic mass is 10.1. The molecule has 0 N–H and O–H groups in total. The normalized spacial score (nSPS) is 14.4. The molecule has 1 aliphatic heterocycles. The second kappa shape index (κ2) is 8.72. The van der Waals surface area contributed by atoms with Crippen LogP contribution in [0.5, 0.6) is 0 Å². The lowest BCUT2D eigenvalue weighted by Crippen LogP contribution is -2.39. The fourth-order valence-electron chi connectivity index (χ4n) is 2.77. The molecule has 11 heteroatoms. The first-order valence-corrected chi connectivity index (χ1v) is 8.69. The van der Waals surface area contributed by atoms with Crippen LogP contribution in [-0.4, -0.2) is 46.4 Å². The van der Waals surface area contributed by atoms with Crippen molar-refractivity contribution in [2.75, 3.05) is 19.7 Å². The number of piperidine rings is 1. The van der Waals surface area contributed by atoms with Crippen LogP contribution in [-0.2, 0) is 22.2 Å². The Morgan fingerprint density at radius 2 is 1.97 bits per heavy atom. The molecule has 0 spiro atoms. The molecule has 0 saturated carbocycles. The van der Waals surface area contributed by atoms with Crippen molar-refractivity contribution in [1.29, 1.82) is 5.26 Å². The van der Waals surface area contributed by atoms with Crippen molar-refractivity contribution < 1.29 is 27.3 Å². The molecule has 152 valence electrons. The van der Waals surface area contributed by atoms with Crippen molar-refractivity contribution in [1.82, 2.24) is 15.0 Å². The van der Waals surface area contributed by atoms with E-state index in [2.05, 4.69) is 19.8 Å². The highest BCUT2D eigenvalue weighted by Gasteiger charge is 2.38. The van der Waals surface area contributed by atoms with Gasteiger partial charge in [0.15, 0.2) is 0 Å². The number of nitrogens with zero attached hydrogens (tertiary/aromatic N) is 5. The number of carbonyl (C=O) groups excluding carboxylic acids is 1. The molecule has 0 radical (unpaired) electrons. The number of benzene rings is 1. The molecule has 1 aliphatic rings. The van der Waals surface area contributed by atoms with Crippen LogP contribution >= 0.6 is 0 Å². The molecule has 3 rings (SSSR count). The molecule has 0 atom stereocenters. The molecule has 2 aromatic rings. The number of oxime groups is 1. The molecular formula is C18H16F3N5O3. The van der Waals surface area contributed by atoms with Gasteiger partial charge in [0.05, 0.1) is 12.1 Å². The quantitative estimate of drug-likeness (QED) is 0.558. The lowest BCUT2D eigenvalue weighted by molar-refractivity contribution is -0.159. The van der Waals surface area contributed by atoms with Gasteiger partial charge in [-0.3, -0.25) is 4.79 Å². The molecule has 29 heavy (non-hydrogen) atoms. The molecule has 1 saturated heterocycles. The minimum Gasteiger partial charge on any atom is -0.381 e. The van der Waals surface area contributed by atoms with Gasteiger partial charge in [-0.15, -0.1) is 0 Å². The number of likely N-dealkylation sites (tertiary alicyclic amines) is 1. The summed E-state index contributed by atoms with van der Waals surface area (Å²) in [6.07, 6.45) is -3.37. The zero-order valence-corrected chi connectivity index (χ0v) is 15.1. The number of hydrogen-bond acceptors (Lipinski definition) is 7. The van der Waals surface area contributed by atoms with Crippen LogP contribution in [0.25, 0.3) is 11.4 Å². The van der Waals surface area contributed by atoms with E-state index in [4.69, 9.17) is 10.1 Å². The first-order valence-electron chi connectivity index (χ1n) is 8.69. The summed E-state index contributed by atoms with van der Waals surface area (Å²) >= 11 is 0. The van der Waals surface area contributed by atoms with Gasteiger partial charge in [0.2, 0.25) is 18.3 Å². The van der Waals surface area contributed by atoms with Gasteiger partial charge in [-0.2, -0.15) is 23.4 Å².